The molecular formula is C11H15NO. The molecule has 70 valence electrons. The van der Waals surface area contributed by atoms with Crippen LogP contribution in [-0.2, 0) is 6.54 Å². The summed E-state index contributed by atoms with van der Waals surface area (Å²) in [5.74, 6) is 6.88. The minimum atomic E-state index is 0.796. The molecule has 1 N–H and O–H groups in total. The van der Waals surface area contributed by atoms with E-state index in [0.717, 1.165) is 25.3 Å². The Morgan fingerprint density at radius 3 is 3.00 bits per heavy atom. The average Bonchev–Trinajstić information content (AvgIpc) is 2.52. The van der Waals surface area contributed by atoms with E-state index in [0.29, 0.717) is 0 Å². The zero-order valence-electron chi connectivity index (χ0n) is 8.18. The lowest BCUT2D eigenvalue weighted by Gasteiger charge is -1.99. The summed E-state index contributed by atoms with van der Waals surface area (Å²) >= 11 is 0. The molecule has 13 heavy (non-hydrogen) atoms. The maximum absolute atomic E-state index is 5.27. The Bertz CT molecular complexity index is 303. The van der Waals surface area contributed by atoms with E-state index in [1.165, 1.54) is 5.56 Å². The van der Waals surface area contributed by atoms with Crippen LogP contribution in [0, 0.1) is 18.8 Å². The Balaban J connectivity index is 2.19. The first kappa shape index (κ1) is 9.88. The van der Waals surface area contributed by atoms with Gasteiger partial charge in [0.1, 0.15) is 5.76 Å². The van der Waals surface area contributed by atoms with Crippen LogP contribution in [0.4, 0.5) is 0 Å². The maximum atomic E-state index is 5.27. The van der Waals surface area contributed by atoms with Crippen molar-refractivity contribution in [3.8, 4) is 11.8 Å². The smallest absolute Gasteiger partial charge is 0.120 e. The van der Waals surface area contributed by atoms with Crippen LogP contribution in [0.25, 0.3) is 0 Å². The van der Waals surface area contributed by atoms with Crippen LogP contribution >= 0.6 is 0 Å². The highest BCUT2D eigenvalue weighted by molar-refractivity contribution is 5.14. The molecule has 2 heteroatoms. The summed E-state index contributed by atoms with van der Waals surface area (Å²) in [5, 5.41) is 3.27. The highest BCUT2D eigenvalue weighted by Gasteiger charge is 1.99. The lowest BCUT2D eigenvalue weighted by atomic mass is 10.3. The monoisotopic (exact) mass is 177 g/mol. The summed E-state index contributed by atoms with van der Waals surface area (Å²) in [7, 11) is 0. The van der Waals surface area contributed by atoms with Crippen LogP contribution in [0.3, 0.4) is 0 Å². The van der Waals surface area contributed by atoms with Crippen molar-refractivity contribution in [3.05, 3.63) is 23.7 Å². The minimum Gasteiger partial charge on any atom is -0.468 e. The van der Waals surface area contributed by atoms with E-state index in [9.17, 15) is 0 Å². The topological polar surface area (TPSA) is 25.2 Å². The van der Waals surface area contributed by atoms with Gasteiger partial charge in [0.2, 0.25) is 0 Å². The summed E-state index contributed by atoms with van der Waals surface area (Å²) in [6.45, 7) is 5.62. The molecule has 0 aliphatic rings. The first-order chi connectivity index (χ1) is 6.34. The fourth-order valence-corrected chi connectivity index (χ4v) is 1.06. The molecule has 0 aliphatic carbocycles. The first-order valence-electron chi connectivity index (χ1n) is 4.48. The number of hydrogen-bond acceptors (Lipinski definition) is 2. The van der Waals surface area contributed by atoms with Gasteiger partial charge in [-0.2, -0.15) is 0 Å². The molecule has 2 nitrogen and oxygen atoms in total. The number of rotatable bonds is 4. The van der Waals surface area contributed by atoms with Crippen LogP contribution in [-0.4, -0.2) is 6.54 Å². The van der Waals surface area contributed by atoms with Crippen molar-refractivity contribution in [1.82, 2.24) is 5.32 Å². The summed E-state index contributed by atoms with van der Waals surface area (Å²) < 4.78 is 5.27. The van der Waals surface area contributed by atoms with Gasteiger partial charge in [0.25, 0.3) is 0 Å². The zero-order chi connectivity index (χ0) is 9.52. The van der Waals surface area contributed by atoms with Crippen molar-refractivity contribution >= 4 is 0 Å². The van der Waals surface area contributed by atoms with Crippen molar-refractivity contribution in [1.29, 1.82) is 0 Å². The normalized spacial score (nSPS) is 9.38. The van der Waals surface area contributed by atoms with Crippen LogP contribution in [0.1, 0.15) is 24.7 Å². The molecule has 0 fully saturated rings. The zero-order valence-corrected chi connectivity index (χ0v) is 8.18. The summed E-state index contributed by atoms with van der Waals surface area (Å²) in [5.41, 5.74) is 1.20. The Kier molecular flexibility index (Phi) is 4.14. The number of nitrogens with one attached hydrogen (secondary N) is 1. The molecule has 1 aromatic heterocycles. The third-order valence-electron chi connectivity index (χ3n) is 1.86. The Morgan fingerprint density at radius 1 is 1.54 bits per heavy atom. The van der Waals surface area contributed by atoms with Gasteiger partial charge in [-0.25, -0.2) is 0 Å². The molecule has 0 aromatic carbocycles. The van der Waals surface area contributed by atoms with Gasteiger partial charge in [0, 0.05) is 13.0 Å². The Labute approximate surface area is 79.3 Å². The quantitative estimate of drug-likeness (QED) is 0.562. The Hall–Kier alpha value is -1.20. The standard InChI is InChI=1S/C11H15NO/c1-3-4-5-7-12-9-11-10(2)6-8-13-11/h6,8,12H,5,7,9H2,1-2H3. The second-order valence-corrected chi connectivity index (χ2v) is 2.88. The molecule has 0 unspecified atom stereocenters. The van der Waals surface area contributed by atoms with Crippen LogP contribution < -0.4 is 5.32 Å². The van der Waals surface area contributed by atoms with E-state index in [-0.39, 0.29) is 0 Å². The Morgan fingerprint density at radius 2 is 2.38 bits per heavy atom. The molecule has 0 saturated carbocycles. The van der Waals surface area contributed by atoms with Gasteiger partial charge in [-0.15, -0.1) is 11.8 Å². The maximum Gasteiger partial charge on any atom is 0.120 e. The molecule has 0 spiro atoms. The highest BCUT2D eigenvalue weighted by Crippen LogP contribution is 2.07. The predicted molar refractivity (Wildman–Crippen MR) is 53.2 cm³/mol. The van der Waals surface area contributed by atoms with Gasteiger partial charge in [0.15, 0.2) is 0 Å². The fraction of sp³-hybridized carbons (Fsp3) is 0.455. The van der Waals surface area contributed by atoms with E-state index in [1.54, 1.807) is 6.26 Å². The number of aryl methyl sites for hydroxylation is 1. The van der Waals surface area contributed by atoms with Crippen molar-refractivity contribution in [2.45, 2.75) is 26.8 Å². The van der Waals surface area contributed by atoms with Gasteiger partial charge in [-0.3, -0.25) is 0 Å². The van der Waals surface area contributed by atoms with Crippen molar-refractivity contribution < 1.29 is 4.42 Å². The molecule has 0 atom stereocenters. The number of hydrogen-bond donors (Lipinski definition) is 1. The van der Waals surface area contributed by atoms with Gasteiger partial charge < -0.3 is 9.73 Å². The SMILES string of the molecule is CC#CCCNCc1occc1C. The molecule has 0 aliphatic heterocycles. The van der Waals surface area contributed by atoms with E-state index < -0.39 is 0 Å². The second kappa shape index (κ2) is 5.45. The number of furan rings is 1. The highest BCUT2D eigenvalue weighted by atomic mass is 16.3. The van der Waals surface area contributed by atoms with E-state index in [2.05, 4.69) is 17.2 Å². The molecule has 0 bridgehead atoms. The molecule has 0 saturated heterocycles. The molecular weight excluding hydrogens is 162 g/mol. The summed E-state index contributed by atoms with van der Waals surface area (Å²) in [4.78, 5) is 0. The fourth-order valence-electron chi connectivity index (χ4n) is 1.06. The molecule has 0 radical (unpaired) electrons. The largest absolute Gasteiger partial charge is 0.468 e. The molecule has 1 heterocycles. The van der Waals surface area contributed by atoms with E-state index in [1.807, 2.05) is 19.9 Å². The summed E-state index contributed by atoms with van der Waals surface area (Å²) in [6.07, 6.45) is 2.62. The molecule has 0 amide bonds. The lowest BCUT2D eigenvalue weighted by molar-refractivity contribution is 0.482. The van der Waals surface area contributed by atoms with Crippen molar-refractivity contribution in [2.24, 2.45) is 0 Å². The van der Waals surface area contributed by atoms with Crippen molar-refractivity contribution in [2.75, 3.05) is 6.54 Å². The van der Waals surface area contributed by atoms with E-state index in [4.69, 9.17) is 4.42 Å². The first-order valence-corrected chi connectivity index (χ1v) is 4.48. The third-order valence-corrected chi connectivity index (χ3v) is 1.86. The van der Waals surface area contributed by atoms with Gasteiger partial charge >= 0.3 is 0 Å². The third kappa shape index (κ3) is 3.35. The molecule has 1 aromatic rings. The molecule has 1 rings (SSSR count). The van der Waals surface area contributed by atoms with Gasteiger partial charge in [0.05, 0.1) is 12.8 Å². The van der Waals surface area contributed by atoms with Gasteiger partial charge in [-0.05, 0) is 25.5 Å². The predicted octanol–water partition coefficient (Wildman–Crippen LogP) is 2.09. The van der Waals surface area contributed by atoms with E-state index >= 15 is 0 Å². The lowest BCUT2D eigenvalue weighted by Crippen LogP contribution is -2.14. The minimum absolute atomic E-state index is 0.796. The van der Waals surface area contributed by atoms with Crippen molar-refractivity contribution in [3.63, 3.8) is 0 Å². The second-order valence-electron chi connectivity index (χ2n) is 2.88. The van der Waals surface area contributed by atoms with Gasteiger partial charge in [-0.1, -0.05) is 0 Å². The van der Waals surface area contributed by atoms with Crippen LogP contribution in [0.15, 0.2) is 16.7 Å². The van der Waals surface area contributed by atoms with Crippen LogP contribution in [0.5, 0.6) is 0 Å². The van der Waals surface area contributed by atoms with Crippen LogP contribution in [0.2, 0.25) is 0 Å². The summed E-state index contributed by atoms with van der Waals surface area (Å²) in [6, 6.07) is 1.98. The average molecular weight is 177 g/mol.